The van der Waals surface area contributed by atoms with Crippen LogP contribution in [0, 0.1) is 0 Å². The number of carbonyl (C=O) groups excluding carboxylic acids is 1. The van der Waals surface area contributed by atoms with Crippen LogP contribution in [0.4, 0.5) is 0 Å². The highest BCUT2D eigenvalue weighted by molar-refractivity contribution is 9.10. The fourth-order valence-electron chi connectivity index (χ4n) is 2.73. The molecule has 3 heterocycles. The highest BCUT2D eigenvalue weighted by Gasteiger charge is 2.28. The van der Waals surface area contributed by atoms with Gasteiger partial charge in [-0.1, -0.05) is 0 Å². The van der Waals surface area contributed by atoms with Crippen LogP contribution in [0.15, 0.2) is 35.2 Å². The van der Waals surface area contributed by atoms with Crippen LogP contribution in [0.2, 0.25) is 0 Å². The molecule has 1 unspecified atom stereocenters. The predicted octanol–water partition coefficient (Wildman–Crippen LogP) is 2.67. The summed E-state index contributed by atoms with van der Waals surface area (Å²) in [5, 5.41) is 4.24. The molecule has 1 fully saturated rings. The zero-order chi connectivity index (χ0) is 13.9. The van der Waals surface area contributed by atoms with Crippen molar-refractivity contribution in [1.82, 2.24) is 19.7 Å². The number of hydrogen-bond donors (Lipinski definition) is 1. The van der Waals surface area contributed by atoms with Crippen LogP contribution in [0.3, 0.4) is 0 Å². The van der Waals surface area contributed by atoms with Crippen molar-refractivity contribution in [2.45, 2.75) is 31.8 Å². The number of amides is 1. The second-order valence-electron chi connectivity index (χ2n) is 5.11. The van der Waals surface area contributed by atoms with Gasteiger partial charge < -0.3 is 9.88 Å². The van der Waals surface area contributed by atoms with Crippen molar-refractivity contribution in [3.05, 3.63) is 40.9 Å². The van der Waals surface area contributed by atoms with Crippen molar-refractivity contribution in [2.75, 3.05) is 6.54 Å². The molecule has 1 aliphatic heterocycles. The second kappa shape index (κ2) is 5.83. The first-order chi connectivity index (χ1) is 9.74. The topological polar surface area (TPSA) is 53.9 Å². The Morgan fingerprint density at radius 1 is 1.50 bits per heavy atom. The number of aromatic amines is 1. The predicted molar refractivity (Wildman–Crippen MR) is 79.4 cm³/mol. The maximum atomic E-state index is 12.6. The van der Waals surface area contributed by atoms with Gasteiger partial charge in [-0.3, -0.25) is 9.48 Å². The average molecular weight is 337 g/mol. The van der Waals surface area contributed by atoms with Gasteiger partial charge in [0, 0.05) is 29.6 Å². The molecular weight excluding hydrogens is 320 g/mol. The first-order valence-corrected chi connectivity index (χ1v) is 7.65. The van der Waals surface area contributed by atoms with Gasteiger partial charge in [0.2, 0.25) is 0 Å². The Hall–Kier alpha value is -1.56. The minimum absolute atomic E-state index is 0.0764. The molecule has 0 bridgehead atoms. The van der Waals surface area contributed by atoms with Crippen LogP contribution in [0.5, 0.6) is 0 Å². The minimum atomic E-state index is 0.0764. The molecule has 0 radical (unpaired) electrons. The molecule has 2 aromatic heterocycles. The number of aromatic nitrogens is 3. The number of piperidine rings is 1. The molecule has 106 valence electrons. The smallest absolute Gasteiger partial charge is 0.270 e. The van der Waals surface area contributed by atoms with Crippen LogP contribution in [0.25, 0.3) is 0 Å². The van der Waals surface area contributed by atoms with Crippen molar-refractivity contribution in [3.63, 3.8) is 0 Å². The quantitative estimate of drug-likeness (QED) is 0.936. The van der Waals surface area contributed by atoms with Gasteiger partial charge in [-0.2, -0.15) is 5.10 Å². The Balaban J connectivity index is 1.76. The lowest BCUT2D eigenvalue weighted by Crippen LogP contribution is -2.46. The summed E-state index contributed by atoms with van der Waals surface area (Å²) in [6.07, 6.45) is 8.79. The number of halogens is 1. The Kier molecular flexibility index (Phi) is 3.91. The number of hydrogen-bond acceptors (Lipinski definition) is 2. The van der Waals surface area contributed by atoms with Crippen molar-refractivity contribution in [3.8, 4) is 0 Å². The third kappa shape index (κ3) is 2.80. The second-order valence-corrected chi connectivity index (χ2v) is 6.02. The molecule has 6 heteroatoms. The summed E-state index contributed by atoms with van der Waals surface area (Å²) in [6.45, 7) is 1.59. The van der Waals surface area contributed by atoms with Crippen LogP contribution >= 0.6 is 15.9 Å². The normalized spacial score (nSPS) is 19.2. The third-order valence-corrected chi connectivity index (χ3v) is 4.18. The first-order valence-electron chi connectivity index (χ1n) is 6.86. The standard InChI is InChI=1S/C14H17BrN4O/c15-11-8-13(16-9-11)14(20)19-7-2-1-4-12(19)10-18-6-3-5-17-18/h3,5-6,8-9,12,16H,1-2,4,7,10H2. The fraction of sp³-hybridized carbons (Fsp3) is 0.429. The van der Waals surface area contributed by atoms with Gasteiger partial charge in [0.25, 0.3) is 5.91 Å². The molecule has 20 heavy (non-hydrogen) atoms. The number of rotatable bonds is 3. The van der Waals surface area contributed by atoms with Gasteiger partial charge in [-0.25, -0.2) is 0 Å². The lowest BCUT2D eigenvalue weighted by molar-refractivity contribution is 0.0578. The van der Waals surface area contributed by atoms with Crippen LogP contribution in [-0.2, 0) is 6.54 Å². The van der Waals surface area contributed by atoms with E-state index in [4.69, 9.17) is 0 Å². The number of nitrogens with one attached hydrogen (secondary N) is 1. The van der Waals surface area contributed by atoms with E-state index < -0.39 is 0 Å². The summed E-state index contributed by atoms with van der Waals surface area (Å²) < 4.78 is 2.81. The van der Waals surface area contributed by atoms with E-state index in [0.29, 0.717) is 5.69 Å². The van der Waals surface area contributed by atoms with E-state index in [2.05, 4.69) is 26.0 Å². The number of nitrogens with zero attached hydrogens (tertiary/aromatic N) is 3. The van der Waals surface area contributed by atoms with E-state index in [1.807, 2.05) is 27.9 Å². The summed E-state index contributed by atoms with van der Waals surface area (Å²) >= 11 is 3.37. The molecule has 0 spiro atoms. The minimum Gasteiger partial charge on any atom is -0.356 e. The molecule has 0 aliphatic carbocycles. The third-order valence-electron chi connectivity index (χ3n) is 3.72. The Morgan fingerprint density at radius 2 is 2.40 bits per heavy atom. The van der Waals surface area contributed by atoms with E-state index in [0.717, 1.165) is 30.4 Å². The van der Waals surface area contributed by atoms with Crippen LogP contribution in [-0.4, -0.2) is 38.2 Å². The lowest BCUT2D eigenvalue weighted by Gasteiger charge is -2.35. The van der Waals surface area contributed by atoms with Crippen molar-refractivity contribution in [1.29, 1.82) is 0 Å². The molecule has 0 aromatic carbocycles. The monoisotopic (exact) mass is 336 g/mol. The molecule has 1 atom stereocenters. The lowest BCUT2D eigenvalue weighted by atomic mass is 10.0. The summed E-state index contributed by atoms with van der Waals surface area (Å²) in [6, 6.07) is 3.97. The summed E-state index contributed by atoms with van der Waals surface area (Å²) in [5.41, 5.74) is 0.643. The van der Waals surface area contributed by atoms with Gasteiger partial charge in [0.1, 0.15) is 5.69 Å². The average Bonchev–Trinajstić information content (AvgIpc) is 3.10. The Bertz CT molecular complexity index is 578. The van der Waals surface area contributed by atoms with Crippen molar-refractivity contribution < 1.29 is 4.79 Å². The molecular formula is C14H17BrN4O. The number of carbonyl (C=O) groups is 1. The van der Waals surface area contributed by atoms with Gasteiger partial charge in [0.15, 0.2) is 0 Å². The molecule has 0 saturated carbocycles. The number of H-pyrrole nitrogens is 1. The summed E-state index contributed by atoms with van der Waals surface area (Å²) in [7, 11) is 0. The Morgan fingerprint density at radius 3 is 3.10 bits per heavy atom. The maximum absolute atomic E-state index is 12.6. The summed E-state index contributed by atoms with van der Waals surface area (Å²) in [4.78, 5) is 17.6. The van der Waals surface area contributed by atoms with Gasteiger partial charge in [0.05, 0.1) is 12.6 Å². The molecule has 2 aromatic rings. The fourth-order valence-corrected chi connectivity index (χ4v) is 3.07. The highest BCUT2D eigenvalue weighted by atomic mass is 79.9. The molecule has 1 aliphatic rings. The van der Waals surface area contributed by atoms with Crippen LogP contribution in [0.1, 0.15) is 29.8 Å². The Labute approximate surface area is 126 Å². The molecule has 1 amide bonds. The molecule has 5 nitrogen and oxygen atoms in total. The van der Waals surface area contributed by atoms with Crippen molar-refractivity contribution in [2.24, 2.45) is 0 Å². The van der Waals surface area contributed by atoms with Gasteiger partial charge in [-0.15, -0.1) is 0 Å². The largest absolute Gasteiger partial charge is 0.356 e. The summed E-state index contributed by atoms with van der Waals surface area (Å²) in [5.74, 6) is 0.0764. The van der Waals surface area contributed by atoms with E-state index in [9.17, 15) is 4.79 Å². The van der Waals surface area contributed by atoms with E-state index >= 15 is 0 Å². The zero-order valence-corrected chi connectivity index (χ0v) is 12.7. The molecule has 3 rings (SSSR count). The number of likely N-dealkylation sites (tertiary alicyclic amines) is 1. The van der Waals surface area contributed by atoms with E-state index in [-0.39, 0.29) is 11.9 Å². The first kappa shape index (κ1) is 13.4. The van der Waals surface area contributed by atoms with E-state index in [1.165, 1.54) is 6.42 Å². The van der Waals surface area contributed by atoms with Gasteiger partial charge >= 0.3 is 0 Å². The maximum Gasteiger partial charge on any atom is 0.270 e. The molecule has 1 saturated heterocycles. The molecule has 1 N–H and O–H groups in total. The van der Waals surface area contributed by atoms with E-state index in [1.54, 1.807) is 12.4 Å². The van der Waals surface area contributed by atoms with Crippen molar-refractivity contribution >= 4 is 21.8 Å². The van der Waals surface area contributed by atoms with Gasteiger partial charge in [-0.05, 0) is 47.3 Å². The SMILES string of the molecule is O=C(c1cc(Br)c[nH]1)N1CCCCC1Cn1cccn1. The zero-order valence-electron chi connectivity index (χ0n) is 11.1. The van der Waals surface area contributed by atoms with Crippen LogP contribution < -0.4 is 0 Å². The highest BCUT2D eigenvalue weighted by Crippen LogP contribution is 2.21.